The van der Waals surface area contributed by atoms with Gasteiger partial charge >= 0.3 is 0 Å². The summed E-state index contributed by atoms with van der Waals surface area (Å²) >= 11 is 0. The van der Waals surface area contributed by atoms with Crippen molar-refractivity contribution in [2.75, 3.05) is 20.2 Å². The minimum atomic E-state index is -0.522. The van der Waals surface area contributed by atoms with Crippen LogP contribution in [0.15, 0.2) is 61.1 Å². The van der Waals surface area contributed by atoms with Gasteiger partial charge in [-0.15, -0.1) is 0 Å². The maximum Gasteiger partial charge on any atom is 0.207 e. The smallest absolute Gasteiger partial charge is 0.207 e. The van der Waals surface area contributed by atoms with Gasteiger partial charge in [-0.2, -0.15) is 4.39 Å². The van der Waals surface area contributed by atoms with Gasteiger partial charge in [0, 0.05) is 30.4 Å². The Hall–Kier alpha value is -3.45. The molecule has 0 unspecified atom stereocenters. The van der Waals surface area contributed by atoms with Crippen molar-refractivity contribution >= 4 is 5.52 Å². The highest BCUT2D eigenvalue weighted by molar-refractivity contribution is 5.77. The molecule has 0 amide bonds. The summed E-state index contributed by atoms with van der Waals surface area (Å²) < 4.78 is 27.3. The number of benzene rings is 2. The lowest BCUT2D eigenvalue weighted by molar-refractivity contribution is 0.368. The number of hydrogen-bond donors (Lipinski definition) is 1. The second-order valence-corrected chi connectivity index (χ2v) is 7.59. The fourth-order valence-electron chi connectivity index (χ4n) is 4.07. The number of nitrogens with zero attached hydrogens (tertiary/aromatic N) is 3. The Morgan fingerprint density at radius 1 is 1.13 bits per heavy atom. The van der Waals surface area contributed by atoms with Crippen LogP contribution in [0.1, 0.15) is 24.6 Å². The van der Waals surface area contributed by atoms with Crippen molar-refractivity contribution < 1.29 is 13.9 Å². The van der Waals surface area contributed by atoms with Gasteiger partial charge in [0.05, 0.1) is 24.5 Å². The zero-order valence-electron chi connectivity index (χ0n) is 17.2. The summed E-state index contributed by atoms with van der Waals surface area (Å²) in [5.74, 6) is 1.71. The van der Waals surface area contributed by atoms with Crippen molar-refractivity contribution in [2.24, 2.45) is 0 Å². The fraction of sp³-hybridized carbons (Fsp3) is 0.250. The number of aromatic nitrogens is 3. The second-order valence-electron chi connectivity index (χ2n) is 7.59. The number of fused-ring (bicyclic) bond motifs is 1. The molecule has 4 aromatic rings. The molecule has 0 bridgehead atoms. The van der Waals surface area contributed by atoms with E-state index < -0.39 is 5.82 Å². The van der Waals surface area contributed by atoms with Gasteiger partial charge in [0.25, 0.3) is 0 Å². The molecule has 2 aromatic heterocycles. The molecule has 0 spiro atoms. The van der Waals surface area contributed by atoms with E-state index in [2.05, 4.69) is 14.7 Å². The van der Waals surface area contributed by atoms with Crippen LogP contribution in [0.25, 0.3) is 16.8 Å². The number of imidazole rings is 1. The van der Waals surface area contributed by atoms with Crippen molar-refractivity contribution in [3.63, 3.8) is 0 Å². The quantitative estimate of drug-likeness (QED) is 0.504. The number of nitrogens with one attached hydrogen (secondary N) is 1. The van der Waals surface area contributed by atoms with Crippen molar-refractivity contribution in [2.45, 2.75) is 18.8 Å². The van der Waals surface area contributed by atoms with Crippen LogP contribution in [0, 0.1) is 5.82 Å². The third kappa shape index (κ3) is 3.72. The largest absolute Gasteiger partial charge is 0.494 e. The molecule has 1 N–H and O–H groups in total. The van der Waals surface area contributed by atoms with Crippen LogP contribution in [0.4, 0.5) is 4.39 Å². The normalized spacial score (nSPS) is 16.4. The minimum absolute atomic E-state index is 0.121. The summed E-state index contributed by atoms with van der Waals surface area (Å²) in [6, 6.07) is 12.3. The van der Waals surface area contributed by atoms with Crippen LogP contribution in [0.5, 0.6) is 17.2 Å². The number of halogens is 1. The van der Waals surface area contributed by atoms with Gasteiger partial charge < -0.3 is 14.8 Å². The highest BCUT2D eigenvalue weighted by atomic mass is 19.1. The van der Waals surface area contributed by atoms with E-state index in [0.29, 0.717) is 11.7 Å². The first-order valence-electron chi connectivity index (χ1n) is 10.4. The van der Waals surface area contributed by atoms with Gasteiger partial charge in [-0.05, 0) is 55.8 Å². The van der Waals surface area contributed by atoms with Gasteiger partial charge in [-0.1, -0.05) is 6.07 Å². The lowest BCUT2D eigenvalue weighted by atomic mass is 9.99. The first kappa shape index (κ1) is 19.5. The first-order valence-corrected chi connectivity index (χ1v) is 10.4. The number of rotatable bonds is 5. The van der Waals surface area contributed by atoms with E-state index in [1.807, 2.05) is 36.7 Å². The summed E-state index contributed by atoms with van der Waals surface area (Å²) in [4.78, 5) is 9.30. The number of methoxy groups -OCH3 is 1. The fourth-order valence-corrected chi connectivity index (χ4v) is 4.07. The number of hydrogen-bond acceptors (Lipinski definition) is 5. The van der Waals surface area contributed by atoms with E-state index in [4.69, 9.17) is 14.5 Å². The van der Waals surface area contributed by atoms with Crippen molar-refractivity contribution in [3.05, 3.63) is 72.7 Å². The van der Waals surface area contributed by atoms with Crippen LogP contribution < -0.4 is 14.8 Å². The molecular weight excluding hydrogens is 395 g/mol. The Morgan fingerprint density at radius 2 is 1.97 bits per heavy atom. The SMILES string of the molecule is COc1cccc(Oc2ccc(-c3nc([C@@H]4CCCNC4)n4ccncc34)cc2)c1F. The standard InChI is InChI=1S/C24H23FN4O2/c1-30-20-5-2-6-21(22(20)25)31-18-9-7-16(8-10-18)23-19-15-27-12-13-29(19)24(28-23)17-4-3-11-26-14-17/h2,5-10,12-13,15,17,26H,3-4,11,14H2,1H3/t17-/m1/s1. The molecule has 7 heteroatoms. The maximum absolute atomic E-state index is 14.4. The summed E-state index contributed by atoms with van der Waals surface area (Å²) in [6.45, 7) is 1.99. The molecule has 5 rings (SSSR count). The zero-order valence-corrected chi connectivity index (χ0v) is 17.2. The summed E-state index contributed by atoms with van der Waals surface area (Å²) in [5.41, 5.74) is 2.81. The molecule has 31 heavy (non-hydrogen) atoms. The molecule has 1 fully saturated rings. The summed E-state index contributed by atoms with van der Waals surface area (Å²) in [7, 11) is 1.43. The van der Waals surface area contributed by atoms with Crippen molar-refractivity contribution in [1.29, 1.82) is 0 Å². The molecule has 6 nitrogen and oxygen atoms in total. The average Bonchev–Trinajstić information content (AvgIpc) is 3.21. The van der Waals surface area contributed by atoms with Crippen molar-refractivity contribution in [3.8, 4) is 28.5 Å². The van der Waals surface area contributed by atoms with E-state index in [9.17, 15) is 4.39 Å². The van der Waals surface area contributed by atoms with E-state index in [1.165, 1.54) is 7.11 Å². The third-order valence-corrected chi connectivity index (χ3v) is 5.64. The Bertz CT molecular complexity index is 1200. The van der Waals surface area contributed by atoms with E-state index in [1.54, 1.807) is 24.4 Å². The second kappa shape index (κ2) is 8.35. The van der Waals surface area contributed by atoms with E-state index in [-0.39, 0.29) is 11.5 Å². The molecule has 1 aliphatic rings. The molecule has 158 valence electrons. The van der Waals surface area contributed by atoms with Gasteiger partial charge in [0.2, 0.25) is 5.82 Å². The predicted octanol–water partition coefficient (Wildman–Crippen LogP) is 4.80. The Morgan fingerprint density at radius 3 is 2.74 bits per heavy atom. The molecule has 0 aliphatic carbocycles. The average molecular weight is 418 g/mol. The van der Waals surface area contributed by atoms with Crippen LogP contribution >= 0.6 is 0 Å². The van der Waals surface area contributed by atoms with Crippen LogP contribution in [-0.2, 0) is 0 Å². The summed E-state index contributed by atoms with van der Waals surface area (Å²) in [6.07, 6.45) is 7.87. The van der Waals surface area contributed by atoms with Crippen LogP contribution in [0.3, 0.4) is 0 Å². The highest BCUT2D eigenvalue weighted by Gasteiger charge is 2.22. The highest BCUT2D eigenvalue weighted by Crippen LogP contribution is 2.33. The molecule has 1 atom stereocenters. The number of ether oxygens (including phenoxy) is 2. The minimum Gasteiger partial charge on any atom is -0.494 e. The molecule has 0 radical (unpaired) electrons. The van der Waals surface area contributed by atoms with Crippen LogP contribution in [0.2, 0.25) is 0 Å². The summed E-state index contributed by atoms with van der Waals surface area (Å²) in [5, 5.41) is 3.47. The number of piperidine rings is 1. The molecule has 1 aliphatic heterocycles. The molecule has 1 saturated heterocycles. The van der Waals surface area contributed by atoms with Gasteiger partial charge in [0.15, 0.2) is 11.5 Å². The lowest BCUT2D eigenvalue weighted by Crippen LogP contribution is -2.29. The van der Waals surface area contributed by atoms with Gasteiger partial charge in [-0.25, -0.2) is 4.98 Å². The maximum atomic E-state index is 14.4. The zero-order chi connectivity index (χ0) is 21.2. The molecular formula is C24H23FN4O2. The molecule has 0 saturated carbocycles. The van der Waals surface area contributed by atoms with Crippen LogP contribution in [-0.4, -0.2) is 34.6 Å². The first-order chi connectivity index (χ1) is 15.2. The monoisotopic (exact) mass is 418 g/mol. The van der Waals surface area contributed by atoms with Gasteiger partial charge in [0.1, 0.15) is 11.6 Å². The lowest BCUT2D eigenvalue weighted by Gasteiger charge is -2.21. The van der Waals surface area contributed by atoms with E-state index in [0.717, 1.165) is 48.5 Å². The molecule has 2 aromatic carbocycles. The Kier molecular flexibility index (Phi) is 5.26. The Balaban J connectivity index is 1.46. The Labute approximate surface area is 179 Å². The van der Waals surface area contributed by atoms with E-state index >= 15 is 0 Å². The predicted molar refractivity (Wildman–Crippen MR) is 116 cm³/mol. The van der Waals surface area contributed by atoms with Gasteiger partial charge in [-0.3, -0.25) is 9.38 Å². The third-order valence-electron chi connectivity index (χ3n) is 5.64. The molecule has 3 heterocycles. The van der Waals surface area contributed by atoms with Crippen molar-refractivity contribution in [1.82, 2.24) is 19.7 Å². The topological polar surface area (TPSA) is 60.7 Å².